The summed E-state index contributed by atoms with van der Waals surface area (Å²) >= 11 is 0. The lowest BCUT2D eigenvalue weighted by Crippen LogP contribution is -2.32. The molecule has 0 aliphatic heterocycles. The smallest absolute Gasteiger partial charge is 0.322 e. The second-order valence-electron chi connectivity index (χ2n) is 2.56. The van der Waals surface area contributed by atoms with Crippen LogP contribution in [0.15, 0.2) is 0 Å². The van der Waals surface area contributed by atoms with Crippen molar-refractivity contribution in [3.8, 4) is 0 Å². The summed E-state index contributed by atoms with van der Waals surface area (Å²) in [6.45, 7) is 2.68. The van der Waals surface area contributed by atoms with Crippen LogP contribution in [0.1, 0.15) is 19.8 Å². The van der Waals surface area contributed by atoms with Crippen LogP contribution in [0.25, 0.3) is 0 Å². The van der Waals surface area contributed by atoms with Crippen molar-refractivity contribution in [1.29, 1.82) is 0 Å². The first-order chi connectivity index (χ1) is 5.72. The lowest BCUT2D eigenvalue weighted by molar-refractivity contribution is -0.146. The molecule has 0 spiro atoms. The van der Waals surface area contributed by atoms with E-state index in [1.807, 2.05) is 6.92 Å². The molecule has 12 heavy (non-hydrogen) atoms. The number of hydrogen-bond acceptors (Lipinski definition) is 4. The van der Waals surface area contributed by atoms with E-state index >= 15 is 0 Å². The summed E-state index contributed by atoms with van der Waals surface area (Å²) in [4.78, 5) is 11.0. The molecule has 0 heterocycles. The molecule has 72 valence electrons. The second-order valence-corrected chi connectivity index (χ2v) is 2.56. The van der Waals surface area contributed by atoms with Crippen LogP contribution in [0.4, 0.5) is 0 Å². The van der Waals surface area contributed by atoms with Crippen LogP contribution in [0.3, 0.4) is 0 Å². The van der Waals surface area contributed by atoms with E-state index < -0.39 is 6.04 Å². The summed E-state index contributed by atoms with van der Waals surface area (Å²) in [5, 5.41) is 0. The van der Waals surface area contributed by atoms with Gasteiger partial charge < -0.3 is 15.2 Å². The molecule has 4 heteroatoms. The summed E-state index contributed by atoms with van der Waals surface area (Å²) in [5.41, 5.74) is 5.49. The molecule has 0 fully saturated rings. The van der Waals surface area contributed by atoms with E-state index in [4.69, 9.17) is 15.2 Å². The molecule has 2 N–H and O–H groups in total. The van der Waals surface area contributed by atoms with Gasteiger partial charge in [0.25, 0.3) is 0 Å². The van der Waals surface area contributed by atoms with Crippen LogP contribution in [0.2, 0.25) is 0 Å². The molecule has 4 nitrogen and oxygen atoms in total. The normalized spacial score (nSPS) is 12.6. The largest absolute Gasteiger partial charge is 0.462 e. The molecule has 1 unspecified atom stereocenters. The Morgan fingerprint density at radius 3 is 2.67 bits per heavy atom. The van der Waals surface area contributed by atoms with Crippen LogP contribution in [-0.4, -0.2) is 32.3 Å². The minimum Gasteiger partial charge on any atom is -0.462 e. The van der Waals surface area contributed by atoms with E-state index in [2.05, 4.69) is 0 Å². The van der Waals surface area contributed by atoms with Gasteiger partial charge in [-0.1, -0.05) is 13.3 Å². The average Bonchev–Trinajstić information content (AvgIpc) is 2.05. The summed E-state index contributed by atoms with van der Waals surface area (Å²) < 4.78 is 9.52. The Morgan fingerprint density at radius 2 is 2.17 bits per heavy atom. The van der Waals surface area contributed by atoms with Gasteiger partial charge in [-0.25, -0.2) is 0 Å². The maximum Gasteiger partial charge on any atom is 0.322 e. The lowest BCUT2D eigenvalue weighted by atomic mass is 10.2. The summed E-state index contributed by atoms with van der Waals surface area (Å²) in [6.07, 6.45) is 1.56. The molecule has 0 aromatic rings. The Hall–Kier alpha value is -0.610. The molecule has 0 amide bonds. The Morgan fingerprint density at radius 1 is 1.50 bits per heavy atom. The highest BCUT2D eigenvalue weighted by molar-refractivity contribution is 5.75. The van der Waals surface area contributed by atoms with Gasteiger partial charge >= 0.3 is 5.97 Å². The molecule has 0 radical (unpaired) electrons. The zero-order chi connectivity index (χ0) is 9.40. The Kier molecular flexibility index (Phi) is 6.70. The molecule has 0 aliphatic rings. The van der Waals surface area contributed by atoms with E-state index in [0.29, 0.717) is 13.0 Å². The molecule has 0 saturated carbocycles. The van der Waals surface area contributed by atoms with Gasteiger partial charge in [0.15, 0.2) is 0 Å². The average molecular weight is 175 g/mol. The van der Waals surface area contributed by atoms with Crippen molar-refractivity contribution in [2.75, 3.05) is 20.3 Å². The number of ether oxygens (including phenoxy) is 2. The first-order valence-corrected chi connectivity index (χ1v) is 4.13. The number of nitrogens with two attached hydrogens (primary N) is 1. The van der Waals surface area contributed by atoms with Crippen LogP contribution in [-0.2, 0) is 14.3 Å². The molecular formula is C8H17NO3. The lowest BCUT2D eigenvalue weighted by Gasteiger charge is -2.09. The second kappa shape index (κ2) is 7.06. The maximum atomic E-state index is 11.0. The number of carbonyl (C=O) groups is 1. The fourth-order valence-corrected chi connectivity index (χ4v) is 0.761. The number of esters is 1. The molecule has 0 aromatic carbocycles. The molecule has 0 rings (SSSR count). The van der Waals surface area contributed by atoms with Gasteiger partial charge in [0, 0.05) is 7.11 Å². The fraction of sp³-hybridized carbons (Fsp3) is 0.875. The fourth-order valence-electron chi connectivity index (χ4n) is 0.761. The van der Waals surface area contributed by atoms with Crippen molar-refractivity contribution in [1.82, 2.24) is 0 Å². The third-order valence-corrected chi connectivity index (χ3v) is 1.43. The van der Waals surface area contributed by atoms with Crippen LogP contribution < -0.4 is 5.73 Å². The maximum absolute atomic E-state index is 11.0. The Bertz CT molecular complexity index is 127. The standard InChI is InChI=1S/C8H17NO3/c1-3-4-7(9)8(10)12-6-5-11-2/h7H,3-6,9H2,1-2H3. The van der Waals surface area contributed by atoms with Crippen molar-refractivity contribution in [2.45, 2.75) is 25.8 Å². The number of methoxy groups -OCH3 is 1. The predicted molar refractivity (Wildman–Crippen MR) is 45.7 cm³/mol. The van der Waals surface area contributed by atoms with Gasteiger partial charge in [-0.2, -0.15) is 0 Å². The molecule has 0 aromatic heterocycles. The molecule has 0 saturated heterocycles. The minimum atomic E-state index is -0.480. The zero-order valence-electron chi connectivity index (χ0n) is 7.71. The zero-order valence-corrected chi connectivity index (χ0v) is 7.71. The molecule has 1 atom stereocenters. The van der Waals surface area contributed by atoms with Crippen molar-refractivity contribution in [2.24, 2.45) is 5.73 Å². The first-order valence-electron chi connectivity index (χ1n) is 4.13. The van der Waals surface area contributed by atoms with Gasteiger partial charge in [-0.15, -0.1) is 0 Å². The van der Waals surface area contributed by atoms with Gasteiger partial charge in [-0.3, -0.25) is 4.79 Å². The predicted octanol–water partition coefficient (Wildman–Crippen LogP) is 0.303. The molecular weight excluding hydrogens is 158 g/mol. The highest BCUT2D eigenvalue weighted by atomic mass is 16.6. The third-order valence-electron chi connectivity index (χ3n) is 1.43. The van der Waals surface area contributed by atoms with E-state index in [-0.39, 0.29) is 12.6 Å². The van der Waals surface area contributed by atoms with E-state index in [0.717, 1.165) is 6.42 Å². The Balaban J connectivity index is 3.43. The monoisotopic (exact) mass is 175 g/mol. The SMILES string of the molecule is CCCC(N)C(=O)OCCOC. The first kappa shape index (κ1) is 11.4. The van der Waals surface area contributed by atoms with E-state index in [1.165, 1.54) is 0 Å². The summed E-state index contributed by atoms with van der Waals surface area (Å²) in [7, 11) is 1.56. The topological polar surface area (TPSA) is 61.6 Å². The quantitative estimate of drug-likeness (QED) is 0.466. The summed E-state index contributed by atoms with van der Waals surface area (Å²) in [6, 6.07) is -0.480. The summed E-state index contributed by atoms with van der Waals surface area (Å²) in [5.74, 6) is -0.339. The van der Waals surface area contributed by atoms with Crippen LogP contribution >= 0.6 is 0 Å². The van der Waals surface area contributed by atoms with Crippen LogP contribution in [0.5, 0.6) is 0 Å². The van der Waals surface area contributed by atoms with Gasteiger partial charge in [0.05, 0.1) is 6.61 Å². The third kappa shape index (κ3) is 5.09. The Labute approximate surface area is 73.0 Å². The number of rotatable bonds is 6. The number of hydrogen-bond donors (Lipinski definition) is 1. The minimum absolute atomic E-state index is 0.284. The molecule has 0 bridgehead atoms. The van der Waals surface area contributed by atoms with Crippen molar-refractivity contribution < 1.29 is 14.3 Å². The molecule has 0 aliphatic carbocycles. The van der Waals surface area contributed by atoms with E-state index in [1.54, 1.807) is 7.11 Å². The van der Waals surface area contributed by atoms with Gasteiger partial charge in [-0.05, 0) is 6.42 Å². The van der Waals surface area contributed by atoms with Gasteiger partial charge in [0.2, 0.25) is 0 Å². The van der Waals surface area contributed by atoms with Crippen LogP contribution in [0, 0.1) is 0 Å². The highest BCUT2D eigenvalue weighted by Crippen LogP contribution is 1.95. The van der Waals surface area contributed by atoms with E-state index in [9.17, 15) is 4.79 Å². The van der Waals surface area contributed by atoms with Crippen molar-refractivity contribution >= 4 is 5.97 Å². The number of carbonyl (C=O) groups excluding carboxylic acids is 1. The van der Waals surface area contributed by atoms with Gasteiger partial charge in [0.1, 0.15) is 12.6 Å². The van der Waals surface area contributed by atoms with Crippen molar-refractivity contribution in [3.63, 3.8) is 0 Å². The van der Waals surface area contributed by atoms with Crippen molar-refractivity contribution in [3.05, 3.63) is 0 Å². The highest BCUT2D eigenvalue weighted by Gasteiger charge is 2.12.